The predicted octanol–water partition coefficient (Wildman–Crippen LogP) is -0.552. The maximum atomic E-state index is 10.6. The Balaban J connectivity index is 2.10. The van der Waals surface area contributed by atoms with Gasteiger partial charge in [-0.1, -0.05) is 0 Å². The second kappa shape index (κ2) is 2.77. The molecule has 66 valence electrons. The van der Waals surface area contributed by atoms with Crippen molar-refractivity contribution in [2.45, 2.75) is 24.9 Å². The molecule has 2 aliphatic rings. The van der Waals surface area contributed by atoms with E-state index in [2.05, 4.69) is 0 Å². The molecule has 4 nitrogen and oxygen atoms in total. The molecule has 0 radical (unpaired) electrons. The predicted molar refractivity (Wildman–Crippen MR) is 42.4 cm³/mol. The van der Waals surface area contributed by atoms with Crippen LogP contribution in [0.3, 0.4) is 0 Å². The van der Waals surface area contributed by atoms with Gasteiger partial charge >= 0.3 is 0 Å². The van der Waals surface area contributed by atoms with Crippen molar-refractivity contribution in [1.82, 2.24) is 9.80 Å². The van der Waals surface area contributed by atoms with E-state index < -0.39 is 0 Å². The average Bonchev–Trinajstić information content (AvgIpc) is 2.62. The molecule has 2 saturated heterocycles. The SMILES string of the molecule is O=CN1CCC2C1CCN2C=O. The van der Waals surface area contributed by atoms with Gasteiger partial charge in [-0.2, -0.15) is 0 Å². The van der Waals surface area contributed by atoms with Crippen LogP contribution < -0.4 is 0 Å². The first-order valence-corrected chi connectivity index (χ1v) is 4.29. The molecule has 2 heterocycles. The maximum absolute atomic E-state index is 10.6. The number of carbonyl (C=O) groups is 2. The summed E-state index contributed by atoms with van der Waals surface area (Å²) in [6.45, 7) is 1.62. The molecule has 4 heteroatoms. The molecule has 0 N–H and O–H groups in total. The quantitative estimate of drug-likeness (QED) is 0.519. The number of likely N-dealkylation sites (tertiary alicyclic amines) is 2. The largest absolute Gasteiger partial charge is 0.340 e. The highest BCUT2D eigenvalue weighted by atomic mass is 16.1. The molecule has 2 unspecified atom stereocenters. The summed E-state index contributed by atoms with van der Waals surface area (Å²) in [5.41, 5.74) is 0. The molecule has 0 aromatic heterocycles. The molecule has 2 atom stereocenters. The number of hydrogen-bond acceptors (Lipinski definition) is 2. The minimum absolute atomic E-state index is 0.299. The molecule has 2 fully saturated rings. The summed E-state index contributed by atoms with van der Waals surface area (Å²) in [7, 11) is 0. The van der Waals surface area contributed by atoms with Crippen molar-refractivity contribution in [2.75, 3.05) is 13.1 Å². The van der Waals surface area contributed by atoms with Crippen LogP contribution in [0.25, 0.3) is 0 Å². The van der Waals surface area contributed by atoms with Gasteiger partial charge in [0.15, 0.2) is 0 Å². The zero-order chi connectivity index (χ0) is 8.55. The molecule has 0 spiro atoms. The van der Waals surface area contributed by atoms with E-state index in [-0.39, 0.29) is 0 Å². The van der Waals surface area contributed by atoms with Crippen molar-refractivity contribution in [3.8, 4) is 0 Å². The zero-order valence-electron chi connectivity index (χ0n) is 6.85. The smallest absolute Gasteiger partial charge is 0.210 e. The van der Waals surface area contributed by atoms with E-state index in [9.17, 15) is 9.59 Å². The number of rotatable bonds is 2. The van der Waals surface area contributed by atoms with Gasteiger partial charge in [0.1, 0.15) is 0 Å². The van der Waals surface area contributed by atoms with Crippen LogP contribution in [-0.4, -0.2) is 47.8 Å². The first-order chi connectivity index (χ1) is 5.86. The molecular weight excluding hydrogens is 156 g/mol. The number of hydrogen-bond donors (Lipinski definition) is 0. The first kappa shape index (κ1) is 7.58. The second-order valence-corrected chi connectivity index (χ2v) is 3.40. The average molecular weight is 168 g/mol. The molecular formula is C8H12N2O2. The summed E-state index contributed by atoms with van der Waals surface area (Å²) in [6.07, 6.45) is 3.70. The first-order valence-electron chi connectivity index (χ1n) is 4.29. The highest BCUT2D eigenvalue weighted by molar-refractivity contribution is 5.53. The Morgan fingerprint density at radius 1 is 0.917 bits per heavy atom. The number of fused-ring (bicyclic) bond motifs is 1. The van der Waals surface area contributed by atoms with E-state index >= 15 is 0 Å². The van der Waals surface area contributed by atoms with Crippen LogP contribution in [0.2, 0.25) is 0 Å². The third-order valence-electron chi connectivity index (χ3n) is 2.93. The number of nitrogens with zero attached hydrogens (tertiary/aromatic N) is 2. The fourth-order valence-electron chi connectivity index (χ4n) is 2.31. The Kier molecular flexibility index (Phi) is 1.75. The maximum Gasteiger partial charge on any atom is 0.210 e. The lowest BCUT2D eigenvalue weighted by molar-refractivity contribution is -0.120. The van der Waals surface area contributed by atoms with Crippen molar-refractivity contribution in [2.24, 2.45) is 0 Å². The third kappa shape index (κ3) is 0.906. The van der Waals surface area contributed by atoms with E-state index in [0.717, 1.165) is 38.8 Å². The van der Waals surface area contributed by atoms with Gasteiger partial charge in [-0.15, -0.1) is 0 Å². The second-order valence-electron chi connectivity index (χ2n) is 3.40. The Labute approximate surface area is 71.1 Å². The fourth-order valence-corrected chi connectivity index (χ4v) is 2.31. The summed E-state index contributed by atoms with van der Waals surface area (Å²) in [4.78, 5) is 24.8. The lowest BCUT2D eigenvalue weighted by atomic mass is 10.1. The molecule has 2 amide bonds. The van der Waals surface area contributed by atoms with Gasteiger partial charge in [0, 0.05) is 13.1 Å². The van der Waals surface area contributed by atoms with Gasteiger partial charge in [-0.3, -0.25) is 9.59 Å². The van der Waals surface area contributed by atoms with Crippen molar-refractivity contribution in [1.29, 1.82) is 0 Å². The van der Waals surface area contributed by atoms with E-state index in [1.165, 1.54) is 0 Å². The summed E-state index contributed by atoms with van der Waals surface area (Å²) in [5.74, 6) is 0. The summed E-state index contributed by atoms with van der Waals surface area (Å²) in [5, 5.41) is 0. The highest BCUT2D eigenvalue weighted by Crippen LogP contribution is 2.28. The monoisotopic (exact) mass is 168 g/mol. The molecule has 0 aromatic carbocycles. The van der Waals surface area contributed by atoms with Gasteiger partial charge in [0.05, 0.1) is 12.1 Å². The number of amides is 2. The Hall–Kier alpha value is -1.06. The van der Waals surface area contributed by atoms with Gasteiger partial charge in [-0.05, 0) is 12.8 Å². The molecule has 0 saturated carbocycles. The Morgan fingerprint density at radius 2 is 1.33 bits per heavy atom. The van der Waals surface area contributed by atoms with Crippen LogP contribution in [0.5, 0.6) is 0 Å². The fraction of sp³-hybridized carbons (Fsp3) is 0.750. The van der Waals surface area contributed by atoms with Crippen LogP contribution >= 0.6 is 0 Å². The zero-order valence-corrected chi connectivity index (χ0v) is 6.85. The molecule has 2 rings (SSSR count). The minimum Gasteiger partial charge on any atom is -0.340 e. The molecule has 0 aliphatic carbocycles. The molecule has 2 aliphatic heterocycles. The van der Waals surface area contributed by atoms with E-state index in [1.54, 1.807) is 0 Å². The lowest BCUT2D eigenvalue weighted by Gasteiger charge is -2.19. The van der Waals surface area contributed by atoms with Crippen molar-refractivity contribution in [3.63, 3.8) is 0 Å². The minimum atomic E-state index is 0.299. The van der Waals surface area contributed by atoms with Crippen LogP contribution in [0.15, 0.2) is 0 Å². The van der Waals surface area contributed by atoms with Crippen molar-refractivity contribution < 1.29 is 9.59 Å². The highest BCUT2D eigenvalue weighted by Gasteiger charge is 2.41. The van der Waals surface area contributed by atoms with E-state index in [1.807, 2.05) is 9.80 Å². The van der Waals surface area contributed by atoms with Crippen LogP contribution in [-0.2, 0) is 9.59 Å². The third-order valence-corrected chi connectivity index (χ3v) is 2.93. The van der Waals surface area contributed by atoms with E-state index in [0.29, 0.717) is 12.1 Å². The van der Waals surface area contributed by atoms with Gasteiger partial charge in [0.2, 0.25) is 12.8 Å². The summed E-state index contributed by atoms with van der Waals surface area (Å²) >= 11 is 0. The summed E-state index contributed by atoms with van der Waals surface area (Å²) in [6, 6.07) is 0.598. The standard InChI is InChI=1S/C8H12N2O2/c11-5-9-3-1-7-8(9)2-4-10(7)6-12/h5-8H,1-4H2. The van der Waals surface area contributed by atoms with Crippen molar-refractivity contribution >= 4 is 12.8 Å². The lowest BCUT2D eigenvalue weighted by Crippen LogP contribution is -2.35. The molecule has 0 bridgehead atoms. The molecule has 0 aromatic rings. The molecule has 12 heavy (non-hydrogen) atoms. The van der Waals surface area contributed by atoms with Gasteiger partial charge in [-0.25, -0.2) is 0 Å². The topological polar surface area (TPSA) is 40.6 Å². The number of carbonyl (C=O) groups excluding carboxylic acids is 2. The summed E-state index contributed by atoms with van der Waals surface area (Å²) < 4.78 is 0. The van der Waals surface area contributed by atoms with Crippen LogP contribution in [0.4, 0.5) is 0 Å². The van der Waals surface area contributed by atoms with Crippen LogP contribution in [0, 0.1) is 0 Å². The Bertz CT molecular complexity index is 185. The Morgan fingerprint density at radius 3 is 1.67 bits per heavy atom. The van der Waals surface area contributed by atoms with Crippen molar-refractivity contribution in [3.05, 3.63) is 0 Å². The van der Waals surface area contributed by atoms with Gasteiger partial charge < -0.3 is 9.80 Å². The van der Waals surface area contributed by atoms with Crippen LogP contribution in [0.1, 0.15) is 12.8 Å². The van der Waals surface area contributed by atoms with Gasteiger partial charge in [0.25, 0.3) is 0 Å². The van der Waals surface area contributed by atoms with E-state index in [4.69, 9.17) is 0 Å². The normalized spacial score (nSPS) is 33.7.